The topological polar surface area (TPSA) is 26.0 Å². The second-order valence-corrected chi connectivity index (χ2v) is 3.00. The summed E-state index contributed by atoms with van der Waals surface area (Å²) in [6.45, 7) is 0.480. The fourth-order valence-corrected chi connectivity index (χ4v) is 1.43. The zero-order valence-electron chi connectivity index (χ0n) is 5.70. The number of rotatable bonds is 3. The predicted molar refractivity (Wildman–Crippen MR) is 35.9 cm³/mol. The van der Waals surface area contributed by atoms with Crippen molar-refractivity contribution in [2.24, 2.45) is 11.1 Å². The average Bonchev–Trinajstić information content (AvgIpc) is 1.79. The van der Waals surface area contributed by atoms with Crippen LogP contribution in [0.1, 0.15) is 25.7 Å². The monoisotopic (exact) mass is 131 g/mol. The molecule has 0 atom stereocenters. The summed E-state index contributed by atoms with van der Waals surface area (Å²) in [5.74, 6) is 0. The molecule has 2 heteroatoms. The van der Waals surface area contributed by atoms with E-state index < -0.39 is 0 Å². The maximum absolute atomic E-state index is 11.8. The molecule has 9 heavy (non-hydrogen) atoms. The molecule has 0 heterocycles. The Bertz CT molecular complexity index is 83.4. The van der Waals surface area contributed by atoms with Crippen LogP contribution in [0.25, 0.3) is 0 Å². The minimum atomic E-state index is -0.197. The average molecular weight is 131 g/mol. The fourth-order valence-electron chi connectivity index (χ4n) is 1.43. The Labute approximate surface area is 55.4 Å². The Hall–Kier alpha value is -0.110. The summed E-state index contributed by atoms with van der Waals surface area (Å²) in [7, 11) is 0. The van der Waals surface area contributed by atoms with Gasteiger partial charge in [-0.05, 0) is 31.2 Å². The second kappa shape index (κ2) is 2.65. The van der Waals surface area contributed by atoms with Crippen LogP contribution in [-0.2, 0) is 0 Å². The third-order valence-electron chi connectivity index (χ3n) is 2.47. The van der Waals surface area contributed by atoms with Crippen molar-refractivity contribution in [3.05, 3.63) is 0 Å². The van der Waals surface area contributed by atoms with E-state index in [1.54, 1.807) is 0 Å². The first-order chi connectivity index (χ1) is 4.33. The van der Waals surface area contributed by atoms with E-state index in [1.807, 2.05) is 0 Å². The first-order valence-corrected chi connectivity index (χ1v) is 3.59. The fraction of sp³-hybridized carbons (Fsp3) is 1.00. The minimum Gasteiger partial charge on any atom is -0.330 e. The lowest BCUT2D eigenvalue weighted by atomic mass is 9.67. The van der Waals surface area contributed by atoms with E-state index >= 15 is 0 Å². The highest BCUT2D eigenvalue weighted by Gasteiger charge is 2.34. The lowest BCUT2D eigenvalue weighted by molar-refractivity contribution is 0.118. The van der Waals surface area contributed by atoms with Crippen LogP contribution in [0.3, 0.4) is 0 Å². The van der Waals surface area contributed by atoms with Gasteiger partial charge in [0.25, 0.3) is 0 Å². The van der Waals surface area contributed by atoms with Gasteiger partial charge in [-0.15, -0.1) is 0 Å². The Morgan fingerprint density at radius 2 is 2.11 bits per heavy atom. The van der Waals surface area contributed by atoms with Gasteiger partial charge >= 0.3 is 0 Å². The summed E-state index contributed by atoms with van der Waals surface area (Å²) in [4.78, 5) is 0. The van der Waals surface area contributed by atoms with Crippen molar-refractivity contribution < 1.29 is 4.39 Å². The molecule has 0 aromatic heterocycles. The van der Waals surface area contributed by atoms with Gasteiger partial charge in [0.05, 0.1) is 6.67 Å². The molecule has 1 nitrogen and oxygen atoms in total. The largest absolute Gasteiger partial charge is 0.330 e. The van der Waals surface area contributed by atoms with Crippen LogP contribution >= 0.6 is 0 Å². The van der Waals surface area contributed by atoms with E-state index in [-0.39, 0.29) is 12.1 Å². The van der Waals surface area contributed by atoms with Crippen LogP contribution in [0.5, 0.6) is 0 Å². The summed E-state index contributed by atoms with van der Waals surface area (Å²) in [6.07, 6.45) is 4.22. The van der Waals surface area contributed by atoms with Crippen molar-refractivity contribution in [3.8, 4) is 0 Å². The van der Waals surface area contributed by atoms with Crippen LogP contribution in [0.15, 0.2) is 0 Å². The molecule has 0 aromatic carbocycles. The molecule has 0 spiro atoms. The first kappa shape index (κ1) is 7.00. The molecule has 1 aliphatic rings. The molecule has 0 unspecified atom stereocenters. The van der Waals surface area contributed by atoms with Gasteiger partial charge in [-0.2, -0.15) is 0 Å². The molecule has 0 bridgehead atoms. The highest BCUT2D eigenvalue weighted by molar-refractivity contribution is 4.87. The van der Waals surface area contributed by atoms with E-state index in [0.717, 1.165) is 12.8 Å². The number of hydrogen-bond acceptors (Lipinski definition) is 1. The standard InChI is InChI=1S/C7H14FN/c8-5-4-7(6-9)2-1-3-7/h1-6,9H2. The summed E-state index contributed by atoms with van der Waals surface area (Å²) in [5, 5.41) is 0. The lowest BCUT2D eigenvalue weighted by Crippen LogP contribution is -2.37. The number of halogens is 1. The molecule has 0 radical (unpaired) electrons. The van der Waals surface area contributed by atoms with Gasteiger partial charge in [0, 0.05) is 0 Å². The van der Waals surface area contributed by atoms with Crippen LogP contribution in [0.2, 0.25) is 0 Å². The summed E-state index contributed by atoms with van der Waals surface area (Å²) in [5.41, 5.74) is 5.71. The molecule has 1 fully saturated rings. The minimum absolute atomic E-state index is 0.197. The van der Waals surface area contributed by atoms with Crippen molar-refractivity contribution in [3.63, 3.8) is 0 Å². The van der Waals surface area contributed by atoms with Gasteiger partial charge in [0.2, 0.25) is 0 Å². The normalized spacial score (nSPS) is 23.3. The highest BCUT2D eigenvalue weighted by atomic mass is 19.1. The SMILES string of the molecule is NCC1(CCF)CCC1. The Morgan fingerprint density at radius 3 is 2.22 bits per heavy atom. The lowest BCUT2D eigenvalue weighted by Gasteiger charge is -2.40. The van der Waals surface area contributed by atoms with Crippen molar-refractivity contribution in [2.75, 3.05) is 13.2 Å². The molecule has 2 N–H and O–H groups in total. The van der Waals surface area contributed by atoms with E-state index in [1.165, 1.54) is 6.42 Å². The van der Waals surface area contributed by atoms with Crippen LogP contribution < -0.4 is 5.73 Å². The summed E-state index contributed by atoms with van der Waals surface area (Å²) >= 11 is 0. The van der Waals surface area contributed by atoms with Gasteiger partial charge in [-0.1, -0.05) is 6.42 Å². The molecular formula is C7H14FN. The molecule has 1 saturated carbocycles. The van der Waals surface area contributed by atoms with Crippen molar-refractivity contribution >= 4 is 0 Å². The Kier molecular flexibility index (Phi) is 2.06. The van der Waals surface area contributed by atoms with Crippen LogP contribution in [0, 0.1) is 5.41 Å². The molecule has 1 aliphatic carbocycles. The molecule has 0 amide bonds. The maximum Gasteiger partial charge on any atom is 0.0900 e. The van der Waals surface area contributed by atoms with E-state index in [0.29, 0.717) is 13.0 Å². The molecule has 0 saturated heterocycles. The van der Waals surface area contributed by atoms with Gasteiger partial charge in [0.1, 0.15) is 0 Å². The quantitative estimate of drug-likeness (QED) is 0.616. The smallest absolute Gasteiger partial charge is 0.0900 e. The molecular weight excluding hydrogens is 117 g/mol. The third-order valence-corrected chi connectivity index (χ3v) is 2.47. The van der Waals surface area contributed by atoms with E-state index in [2.05, 4.69) is 0 Å². The van der Waals surface area contributed by atoms with E-state index in [4.69, 9.17) is 5.73 Å². The molecule has 54 valence electrons. The van der Waals surface area contributed by atoms with Gasteiger partial charge in [-0.3, -0.25) is 4.39 Å². The maximum atomic E-state index is 11.8. The highest BCUT2D eigenvalue weighted by Crippen LogP contribution is 2.42. The van der Waals surface area contributed by atoms with E-state index in [9.17, 15) is 4.39 Å². The van der Waals surface area contributed by atoms with Crippen molar-refractivity contribution in [2.45, 2.75) is 25.7 Å². The third kappa shape index (κ3) is 1.23. The number of hydrogen-bond donors (Lipinski definition) is 1. The zero-order valence-corrected chi connectivity index (χ0v) is 5.70. The van der Waals surface area contributed by atoms with Gasteiger partial charge in [0.15, 0.2) is 0 Å². The molecule has 0 aromatic rings. The Balaban J connectivity index is 2.28. The molecule has 1 rings (SSSR count). The van der Waals surface area contributed by atoms with Crippen molar-refractivity contribution in [1.82, 2.24) is 0 Å². The van der Waals surface area contributed by atoms with Crippen LogP contribution in [0.4, 0.5) is 4.39 Å². The summed E-state index contributed by atoms with van der Waals surface area (Å²) in [6, 6.07) is 0. The second-order valence-electron chi connectivity index (χ2n) is 3.00. The zero-order chi connectivity index (χ0) is 6.74. The first-order valence-electron chi connectivity index (χ1n) is 3.59. The van der Waals surface area contributed by atoms with Gasteiger partial charge < -0.3 is 5.73 Å². The van der Waals surface area contributed by atoms with Gasteiger partial charge in [-0.25, -0.2) is 0 Å². The predicted octanol–water partition coefficient (Wildman–Crippen LogP) is 1.48. The molecule has 0 aliphatic heterocycles. The number of alkyl halides is 1. The van der Waals surface area contributed by atoms with Crippen molar-refractivity contribution in [1.29, 1.82) is 0 Å². The number of nitrogens with two attached hydrogens (primary N) is 1. The summed E-state index contributed by atoms with van der Waals surface area (Å²) < 4.78 is 11.8. The van der Waals surface area contributed by atoms with Crippen LogP contribution in [-0.4, -0.2) is 13.2 Å². The Morgan fingerprint density at radius 1 is 1.44 bits per heavy atom.